The lowest BCUT2D eigenvalue weighted by atomic mass is 9.75. The van der Waals surface area contributed by atoms with E-state index in [2.05, 4.69) is 23.3 Å². The van der Waals surface area contributed by atoms with Gasteiger partial charge in [0.05, 0.1) is 5.25 Å². The largest absolute Gasteiger partial charge is 0.472 e. The van der Waals surface area contributed by atoms with Crippen molar-refractivity contribution in [2.24, 2.45) is 22.2 Å². The SMILES string of the molecule is [2H]C([2H])([2H])C1=NC2OC3=C([C@@H]4NCC=C5C(C([2H])([2H])C(C)(C)C)=C(C)SC54)CCCC3C2CC1. The van der Waals surface area contributed by atoms with Crippen LogP contribution in [0.25, 0.3) is 0 Å². The molecular weight excluding hydrogens is 376 g/mol. The van der Waals surface area contributed by atoms with Crippen molar-refractivity contribution in [3.05, 3.63) is 33.5 Å². The van der Waals surface area contributed by atoms with E-state index in [1.165, 1.54) is 5.57 Å². The van der Waals surface area contributed by atoms with Crippen molar-refractivity contribution in [3.8, 4) is 0 Å². The smallest absolute Gasteiger partial charge is 0.192 e. The minimum absolute atomic E-state index is 0.0947. The topological polar surface area (TPSA) is 33.6 Å². The highest BCUT2D eigenvalue weighted by Crippen LogP contribution is 2.53. The van der Waals surface area contributed by atoms with E-state index in [1.807, 2.05) is 20.8 Å². The fraction of sp³-hybridized carbons (Fsp3) is 0.720. The van der Waals surface area contributed by atoms with Gasteiger partial charge in [-0.2, -0.15) is 0 Å². The monoisotopic (exact) mass is 417 g/mol. The standard InChI is InChI=1S/C25H36N2OS/c1-14-9-10-18-16-7-6-8-19(22(16)28-24(18)27-14)21-23-17(11-12-26-21)20(15(2)29-23)13-25(3,4)5/h11,16,18,21,23-24,26H,6-10,12-13H2,1-5H3/t16?,18?,21-,23?,24?/m0/s1/i1D3,13D2. The molecule has 4 heterocycles. The fourth-order valence-electron chi connectivity index (χ4n) is 5.66. The lowest BCUT2D eigenvalue weighted by Gasteiger charge is -2.36. The molecule has 0 spiro atoms. The molecule has 4 heteroatoms. The van der Waals surface area contributed by atoms with Crippen LogP contribution in [0.2, 0.25) is 0 Å². The summed E-state index contributed by atoms with van der Waals surface area (Å²) in [4.78, 5) is 5.65. The molecule has 0 aromatic carbocycles. The van der Waals surface area contributed by atoms with Gasteiger partial charge < -0.3 is 10.1 Å². The number of hydrogen-bond acceptors (Lipinski definition) is 4. The lowest BCUT2D eigenvalue weighted by Crippen LogP contribution is -2.45. The van der Waals surface area contributed by atoms with Crippen LogP contribution in [-0.2, 0) is 4.74 Å². The van der Waals surface area contributed by atoms with Gasteiger partial charge in [-0.1, -0.05) is 26.8 Å². The Bertz CT molecular complexity index is 1000. The normalized spacial score (nSPS) is 40.4. The lowest BCUT2D eigenvalue weighted by molar-refractivity contribution is 0.128. The van der Waals surface area contributed by atoms with E-state index in [-0.39, 0.29) is 23.4 Å². The minimum Gasteiger partial charge on any atom is -0.472 e. The second kappa shape index (κ2) is 7.30. The molecule has 158 valence electrons. The van der Waals surface area contributed by atoms with Crippen molar-refractivity contribution in [3.63, 3.8) is 0 Å². The predicted molar refractivity (Wildman–Crippen MR) is 123 cm³/mol. The summed E-state index contributed by atoms with van der Waals surface area (Å²) < 4.78 is 47.7. The van der Waals surface area contributed by atoms with E-state index < -0.39 is 18.6 Å². The summed E-state index contributed by atoms with van der Waals surface area (Å²) in [6.07, 6.45) is 4.86. The van der Waals surface area contributed by atoms with Crippen LogP contribution in [0.5, 0.6) is 0 Å². The summed E-state index contributed by atoms with van der Waals surface area (Å²) in [6.45, 7) is 6.56. The van der Waals surface area contributed by atoms with Gasteiger partial charge in [-0.15, -0.1) is 11.8 Å². The molecule has 29 heavy (non-hydrogen) atoms. The highest BCUT2D eigenvalue weighted by Gasteiger charge is 2.48. The molecule has 1 fully saturated rings. The average molecular weight is 418 g/mol. The van der Waals surface area contributed by atoms with Crippen molar-refractivity contribution in [1.29, 1.82) is 0 Å². The Balaban J connectivity index is 1.47. The number of aliphatic imine (C=N–C) groups is 1. The van der Waals surface area contributed by atoms with Crippen LogP contribution in [0.4, 0.5) is 0 Å². The van der Waals surface area contributed by atoms with E-state index in [0.717, 1.165) is 47.5 Å². The molecule has 1 saturated heterocycles. The maximum atomic E-state index is 8.97. The Morgan fingerprint density at radius 1 is 1.34 bits per heavy atom. The van der Waals surface area contributed by atoms with Crippen molar-refractivity contribution < 1.29 is 11.6 Å². The summed E-state index contributed by atoms with van der Waals surface area (Å²) >= 11 is 1.78. The van der Waals surface area contributed by atoms with Crippen LogP contribution >= 0.6 is 11.8 Å². The third-order valence-electron chi connectivity index (χ3n) is 6.83. The predicted octanol–water partition coefficient (Wildman–Crippen LogP) is 5.99. The van der Waals surface area contributed by atoms with Crippen LogP contribution in [0.1, 0.15) is 79.9 Å². The first kappa shape index (κ1) is 14.9. The zero-order valence-corrected chi connectivity index (χ0v) is 18.8. The number of nitrogens with one attached hydrogen (secondary N) is 1. The molecule has 4 unspecified atom stereocenters. The highest BCUT2D eigenvalue weighted by molar-refractivity contribution is 8.04. The summed E-state index contributed by atoms with van der Waals surface area (Å²) in [5.41, 5.74) is 3.10. The van der Waals surface area contributed by atoms with Gasteiger partial charge in [0.15, 0.2) is 6.23 Å². The number of rotatable bonds is 2. The minimum atomic E-state index is -2.14. The third kappa shape index (κ3) is 3.54. The number of thioether (sulfide) groups is 1. The molecule has 0 bridgehead atoms. The zero-order valence-electron chi connectivity index (χ0n) is 23.0. The van der Waals surface area contributed by atoms with Crippen LogP contribution in [0.3, 0.4) is 0 Å². The quantitative estimate of drug-likeness (QED) is 0.599. The van der Waals surface area contributed by atoms with E-state index in [9.17, 15) is 0 Å². The van der Waals surface area contributed by atoms with Crippen molar-refractivity contribution in [1.82, 2.24) is 5.32 Å². The van der Waals surface area contributed by atoms with Crippen molar-refractivity contribution >= 4 is 17.5 Å². The number of allylic oxidation sites excluding steroid dienone is 3. The average Bonchev–Trinajstić information content (AvgIpc) is 3.28. The molecule has 3 nitrogen and oxygen atoms in total. The number of nitrogens with zero attached hydrogens (tertiary/aromatic N) is 1. The van der Waals surface area contributed by atoms with Gasteiger partial charge in [-0.05, 0) is 79.3 Å². The van der Waals surface area contributed by atoms with E-state index in [0.29, 0.717) is 24.6 Å². The summed E-state index contributed by atoms with van der Waals surface area (Å²) in [5, 5.41) is 3.84. The molecule has 4 aliphatic heterocycles. The van der Waals surface area contributed by atoms with Gasteiger partial charge in [0.1, 0.15) is 5.76 Å². The molecule has 0 amide bonds. The maximum Gasteiger partial charge on any atom is 0.192 e. The molecule has 5 rings (SSSR count). The Kier molecular flexibility index (Phi) is 3.75. The highest BCUT2D eigenvalue weighted by atomic mass is 32.2. The van der Waals surface area contributed by atoms with Crippen LogP contribution in [0, 0.1) is 17.3 Å². The Morgan fingerprint density at radius 3 is 3.00 bits per heavy atom. The molecule has 0 saturated carbocycles. The van der Waals surface area contributed by atoms with Gasteiger partial charge in [-0.25, -0.2) is 0 Å². The van der Waals surface area contributed by atoms with Gasteiger partial charge in [0, 0.05) is 37.0 Å². The molecule has 1 aliphatic carbocycles. The first-order valence-corrected chi connectivity index (χ1v) is 12.0. The Morgan fingerprint density at radius 2 is 2.21 bits per heavy atom. The second-order valence-corrected chi connectivity index (χ2v) is 11.4. The van der Waals surface area contributed by atoms with Crippen molar-refractivity contribution in [2.45, 2.75) is 90.5 Å². The van der Waals surface area contributed by atoms with Gasteiger partial charge >= 0.3 is 0 Å². The second-order valence-electron chi connectivity index (χ2n) is 10.1. The first-order valence-electron chi connectivity index (χ1n) is 13.6. The van der Waals surface area contributed by atoms with E-state index >= 15 is 0 Å². The van der Waals surface area contributed by atoms with E-state index in [4.69, 9.17) is 11.6 Å². The Labute approximate surface area is 187 Å². The number of hydrogen-bond donors (Lipinski definition) is 1. The maximum absolute atomic E-state index is 8.97. The number of ether oxygens (including phenoxy) is 1. The first-order chi connectivity index (χ1) is 15.8. The van der Waals surface area contributed by atoms with Crippen molar-refractivity contribution in [2.75, 3.05) is 6.54 Å². The molecule has 1 N–H and O–H groups in total. The molecular formula is C25H36N2OS. The van der Waals surface area contributed by atoms with Crippen LogP contribution in [0.15, 0.2) is 38.5 Å². The summed E-state index contributed by atoms with van der Waals surface area (Å²) in [6, 6.07) is 0.0947. The Hall–Kier alpha value is -1.00. The zero-order chi connectivity index (χ0) is 24.6. The third-order valence-corrected chi connectivity index (χ3v) is 8.17. The van der Waals surface area contributed by atoms with E-state index in [1.54, 1.807) is 11.8 Å². The van der Waals surface area contributed by atoms with Gasteiger partial charge in [0.2, 0.25) is 0 Å². The molecule has 5 atom stereocenters. The fourth-order valence-corrected chi connectivity index (χ4v) is 7.06. The summed E-state index contributed by atoms with van der Waals surface area (Å²) in [5.74, 6) is 1.62. The molecule has 0 radical (unpaired) electrons. The molecule has 5 aliphatic rings. The van der Waals surface area contributed by atoms with Gasteiger partial charge in [0.25, 0.3) is 0 Å². The number of fused-ring (bicyclic) bond motifs is 4. The molecule has 0 aromatic rings. The molecule has 0 aromatic heterocycles. The van der Waals surface area contributed by atoms with Gasteiger partial charge in [-0.3, -0.25) is 4.99 Å². The van der Waals surface area contributed by atoms with Crippen LogP contribution < -0.4 is 5.32 Å². The summed E-state index contributed by atoms with van der Waals surface area (Å²) in [7, 11) is 0. The van der Waals surface area contributed by atoms with Crippen LogP contribution in [-0.4, -0.2) is 29.8 Å².